The monoisotopic (exact) mass is 256 g/mol. The Bertz CT molecular complexity index is 459. The summed E-state index contributed by atoms with van der Waals surface area (Å²) >= 11 is 6.07. The zero-order valence-electron chi connectivity index (χ0n) is 10.1. The Labute approximate surface area is 105 Å². The van der Waals surface area contributed by atoms with Crippen molar-refractivity contribution in [3.63, 3.8) is 0 Å². The highest BCUT2D eigenvalue weighted by Crippen LogP contribution is 2.26. The smallest absolute Gasteiger partial charge is 0.287 e. The Kier molecular flexibility index (Phi) is 3.69. The molecule has 1 unspecified atom stereocenters. The minimum Gasteiger partial charge on any atom is -0.369 e. The predicted octanol–water partition coefficient (Wildman–Crippen LogP) is 0.479. The van der Waals surface area contributed by atoms with E-state index in [1.54, 1.807) is 13.2 Å². The van der Waals surface area contributed by atoms with E-state index in [2.05, 4.69) is 15.3 Å². The third-order valence-electron chi connectivity index (χ3n) is 3.18. The summed E-state index contributed by atoms with van der Waals surface area (Å²) in [4.78, 5) is 13.8. The average molecular weight is 257 g/mol. The minimum atomic E-state index is -0.235. The fourth-order valence-electron chi connectivity index (χ4n) is 2.23. The summed E-state index contributed by atoms with van der Waals surface area (Å²) in [6, 6.07) is 0. The van der Waals surface area contributed by atoms with E-state index in [0.29, 0.717) is 5.92 Å². The summed E-state index contributed by atoms with van der Waals surface area (Å²) in [7, 11) is 3.56. The number of aromatic nitrogens is 2. The van der Waals surface area contributed by atoms with Crippen LogP contribution in [-0.4, -0.2) is 36.5 Å². The molecule has 2 heterocycles. The van der Waals surface area contributed by atoms with E-state index >= 15 is 0 Å². The quantitative estimate of drug-likeness (QED) is 0.855. The standard InChI is InChI=1S/C11H17ClN4O/c1-13-5-8-3-4-16(7-8)9-6-14-15(2)11(17)10(9)12/h6,8,13H,3-5,7H2,1-2H3. The third-order valence-corrected chi connectivity index (χ3v) is 3.53. The molecule has 1 aromatic rings. The summed E-state index contributed by atoms with van der Waals surface area (Å²) in [5, 5.41) is 7.46. The number of halogens is 1. The van der Waals surface area contributed by atoms with Gasteiger partial charge in [-0.15, -0.1) is 0 Å². The molecule has 0 bridgehead atoms. The Hall–Kier alpha value is -1.07. The van der Waals surface area contributed by atoms with Crippen LogP contribution in [-0.2, 0) is 7.05 Å². The van der Waals surface area contributed by atoms with Crippen LogP contribution in [0.15, 0.2) is 11.0 Å². The molecule has 1 fully saturated rings. The van der Waals surface area contributed by atoms with Gasteiger partial charge >= 0.3 is 0 Å². The van der Waals surface area contributed by atoms with Gasteiger partial charge in [0.25, 0.3) is 5.56 Å². The molecule has 1 aromatic heterocycles. The van der Waals surface area contributed by atoms with E-state index in [0.717, 1.165) is 31.7 Å². The first-order valence-electron chi connectivity index (χ1n) is 5.75. The number of aryl methyl sites for hydroxylation is 1. The normalized spacial score (nSPS) is 19.9. The average Bonchev–Trinajstić information content (AvgIpc) is 2.75. The lowest BCUT2D eigenvalue weighted by Crippen LogP contribution is -2.28. The summed E-state index contributed by atoms with van der Waals surface area (Å²) in [6.45, 7) is 2.85. The molecule has 2 rings (SSSR count). The predicted molar refractivity (Wildman–Crippen MR) is 68.7 cm³/mol. The molecule has 6 heteroatoms. The lowest BCUT2D eigenvalue weighted by Gasteiger charge is -2.19. The zero-order chi connectivity index (χ0) is 12.4. The van der Waals surface area contributed by atoms with Crippen molar-refractivity contribution in [3.05, 3.63) is 21.6 Å². The highest BCUT2D eigenvalue weighted by Gasteiger charge is 2.24. The minimum absolute atomic E-state index is 0.235. The van der Waals surface area contributed by atoms with Crippen LogP contribution in [0.25, 0.3) is 0 Å². The fraction of sp³-hybridized carbons (Fsp3) is 0.636. The summed E-state index contributed by atoms with van der Waals surface area (Å²) < 4.78 is 1.26. The molecule has 0 saturated carbocycles. The van der Waals surface area contributed by atoms with Gasteiger partial charge in [0.15, 0.2) is 0 Å². The number of hydrogen-bond donors (Lipinski definition) is 1. The number of nitrogens with zero attached hydrogens (tertiary/aromatic N) is 3. The van der Waals surface area contributed by atoms with Crippen molar-refractivity contribution < 1.29 is 0 Å². The summed E-state index contributed by atoms with van der Waals surface area (Å²) in [6.07, 6.45) is 2.79. The van der Waals surface area contributed by atoms with E-state index in [1.807, 2.05) is 7.05 Å². The molecular weight excluding hydrogens is 240 g/mol. The Morgan fingerprint density at radius 3 is 3.12 bits per heavy atom. The Morgan fingerprint density at radius 1 is 1.65 bits per heavy atom. The fourth-order valence-corrected chi connectivity index (χ4v) is 2.52. The number of hydrogen-bond acceptors (Lipinski definition) is 4. The molecular formula is C11H17ClN4O. The molecule has 0 radical (unpaired) electrons. The van der Waals surface area contributed by atoms with E-state index in [4.69, 9.17) is 11.6 Å². The Morgan fingerprint density at radius 2 is 2.41 bits per heavy atom. The van der Waals surface area contributed by atoms with Crippen LogP contribution in [0.5, 0.6) is 0 Å². The molecule has 0 aliphatic carbocycles. The van der Waals surface area contributed by atoms with Gasteiger partial charge in [0.05, 0.1) is 11.9 Å². The second-order valence-electron chi connectivity index (χ2n) is 4.43. The van der Waals surface area contributed by atoms with Gasteiger partial charge in [-0.2, -0.15) is 5.10 Å². The van der Waals surface area contributed by atoms with Gasteiger partial charge in [0.2, 0.25) is 0 Å². The van der Waals surface area contributed by atoms with Crippen molar-refractivity contribution in [1.29, 1.82) is 0 Å². The SMILES string of the molecule is CNCC1CCN(c2cnn(C)c(=O)c2Cl)C1. The first kappa shape index (κ1) is 12.4. The molecule has 1 atom stereocenters. The zero-order valence-corrected chi connectivity index (χ0v) is 10.9. The number of nitrogens with one attached hydrogen (secondary N) is 1. The van der Waals surface area contributed by atoms with Crippen molar-refractivity contribution in [3.8, 4) is 0 Å². The third kappa shape index (κ3) is 2.45. The lowest BCUT2D eigenvalue weighted by atomic mass is 10.1. The van der Waals surface area contributed by atoms with Crippen molar-refractivity contribution >= 4 is 17.3 Å². The topological polar surface area (TPSA) is 50.2 Å². The second-order valence-corrected chi connectivity index (χ2v) is 4.81. The number of rotatable bonds is 3. The molecule has 1 saturated heterocycles. The van der Waals surface area contributed by atoms with Crippen LogP contribution in [0, 0.1) is 5.92 Å². The molecule has 17 heavy (non-hydrogen) atoms. The molecule has 1 N–H and O–H groups in total. The summed E-state index contributed by atoms with van der Waals surface area (Å²) in [5.74, 6) is 0.611. The highest BCUT2D eigenvalue weighted by atomic mass is 35.5. The summed E-state index contributed by atoms with van der Waals surface area (Å²) in [5.41, 5.74) is 0.523. The van der Waals surface area contributed by atoms with E-state index in [-0.39, 0.29) is 10.6 Å². The van der Waals surface area contributed by atoms with Gasteiger partial charge in [0, 0.05) is 20.1 Å². The first-order chi connectivity index (χ1) is 8.13. The molecule has 0 aromatic carbocycles. The van der Waals surface area contributed by atoms with Crippen molar-refractivity contribution in [2.75, 3.05) is 31.6 Å². The van der Waals surface area contributed by atoms with Gasteiger partial charge in [-0.1, -0.05) is 11.6 Å². The van der Waals surface area contributed by atoms with Crippen molar-refractivity contribution in [1.82, 2.24) is 15.1 Å². The van der Waals surface area contributed by atoms with Crippen molar-refractivity contribution in [2.45, 2.75) is 6.42 Å². The van der Waals surface area contributed by atoms with Gasteiger partial charge in [-0.3, -0.25) is 4.79 Å². The van der Waals surface area contributed by atoms with Crippen LogP contribution in [0.2, 0.25) is 5.02 Å². The number of anilines is 1. The molecule has 94 valence electrons. The Balaban J connectivity index is 2.19. The van der Waals surface area contributed by atoms with Crippen molar-refractivity contribution in [2.24, 2.45) is 13.0 Å². The van der Waals surface area contributed by atoms with Crippen LogP contribution >= 0.6 is 11.6 Å². The first-order valence-corrected chi connectivity index (χ1v) is 6.12. The molecule has 0 spiro atoms. The van der Waals surface area contributed by atoms with Crippen LogP contribution < -0.4 is 15.8 Å². The van der Waals surface area contributed by atoms with E-state index in [1.165, 1.54) is 4.68 Å². The van der Waals surface area contributed by atoms with Gasteiger partial charge in [-0.05, 0) is 25.9 Å². The van der Waals surface area contributed by atoms with Gasteiger partial charge in [0.1, 0.15) is 5.02 Å². The van der Waals surface area contributed by atoms with E-state index < -0.39 is 0 Å². The molecule has 0 amide bonds. The highest BCUT2D eigenvalue weighted by molar-refractivity contribution is 6.33. The maximum Gasteiger partial charge on any atom is 0.287 e. The van der Waals surface area contributed by atoms with Crippen LogP contribution in [0.1, 0.15) is 6.42 Å². The second kappa shape index (κ2) is 5.06. The van der Waals surface area contributed by atoms with Crippen LogP contribution in [0.4, 0.5) is 5.69 Å². The van der Waals surface area contributed by atoms with E-state index in [9.17, 15) is 4.79 Å². The van der Waals surface area contributed by atoms with Gasteiger partial charge in [-0.25, -0.2) is 4.68 Å². The molecule has 1 aliphatic rings. The molecule has 1 aliphatic heterocycles. The maximum atomic E-state index is 11.7. The maximum absolute atomic E-state index is 11.7. The van der Waals surface area contributed by atoms with Gasteiger partial charge < -0.3 is 10.2 Å². The molecule has 5 nitrogen and oxygen atoms in total. The largest absolute Gasteiger partial charge is 0.369 e. The lowest BCUT2D eigenvalue weighted by molar-refractivity contribution is 0.549. The van der Waals surface area contributed by atoms with Crippen LogP contribution in [0.3, 0.4) is 0 Å².